The van der Waals surface area contributed by atoms with E-state index < -0.39 is 0 Å². The number of benzene rings is 2. The number of nitrogens with zero attached hydrogens (tertiary/aromatic N) is 2. The molecule has 0 aliphatic heterocycles. The van der Waals surface area contributed by atoms with E-state index in [4.69, 9.17) is 0 Å². The highest BCUT2D eigenvalue weighted by Gasteiger charge is 2.10. The molecule has 0 radical (unpaired) electrons. The first-order valence-electron chi connectivity index (χ1n) is 8.28. The van der Waals surface area contributed by atoms with Gasteiger partial charge in [0, 0.05) is 10.6 Å². The third-order valence-corrected chi connectivity index (χ3v) is 6.64. The van der Waals surface area contributed by atoms with Gasteiger partial charge in [0.2, 0.25) is 11.0 Å². The minimum atomic E-state index is -0.0552. The summed E-state index contributed by atoms with van der Waals surface area (Å²) in [5, 5.41) is 15.2. The Balaban J connectivity index is 1.54. The van der Waals surface area contributed by atoms with Gasteiger partial charge in [0.05, 0.1) is 11.4 Å². The van der Waals surface area contributed by atoms with Gasteiger partial charge in [0.25, 0.3) is 0 Å². The van der Waals surface area contributed by atoms with Crippen LogP contribution < -0.4 is 10.6 Å². The van der Waals surface area contributed by atoms with E-state index in [1.165, 1.54) is 34.2 Å². The summed E-state index contributed by atoms with van der Waals surface area (Å²) in [5.41, 5.74) is 4.30. The second-order valence-corrected chi connectivity index (χ2v) is 8.88. The molecular formula is C19H20N4OS3. The van der Waals surface area contributed by atoms with Gasteiger partial charge in [0.15, 0.2) is 4.34 Å². The van der Waals surface area contributed by atoms with Crippen LogP contribution in [-0.2, 0) is 4.79 Å². The molecule has 0 aliphatic rings. The predicted octanol–water partition coefficient (Wildman–Crippen LogP) is 5.35. The van der Waals surface area contributed by atoms with Gasteiger partial charge >= 0.3 is 0 Å². The van der Waals surface area contributed by atoms with Gasteiger partial charge in [-0.25, -0.2) is 0 Å². The van der Waals surface area contributed by atoms with Crippen molar-refractivity contribution in [1.82, 2.24) is 10.2 Å². The molecule has 0 aliphatic carbocycles. The van der Waals surface area contributed by atoms with Gasteiger partial charge in [-0.05, 0) is 55.5 Å². The SMILES string of the molecule is CSc1ccccc1NC(=O)CSc1nnc(Nc2ccc(C)c(C)c2)s1. The summed E-state index contributed by atoms with van der Waals surface area (Å²) in [5.74, 6) is 0.237. The van der Waals surface area contributed by atoms with Gasteiger partial charge < -0.3 is 10.6 Å². The number of nitrogens with one attached hydrogen (secondary N) is 2. The van der Waals surface area contributed by atoms with Crippen molar-refractivity contribution in [1.29, 1.82) is 0 Å². The number of aromatic nitrogens is 2. The molecule has 2 N–H and O–H groups in total. The number of carbonyl (C=O) groups excluding carboxylic acids is 1. The topological polar surface area (TPSA) is 66.9 Å². The molecule has 0 saturated heterocycles. The second kappa shape index (κ2) is 9.25. The van der Waals surface area contributed by atoms with Crippen LogP contribution in [0.3, 0.4) is 0 Å². The highest BCUT2D eigenvalue weighted by molar-refractivity contribution is 8.01. The molecule has 140 valence electrons. The summed E-state index contributed by atoms with van der Waals surface area (Å²) in [4.78, 5) is 13.3. The van der Waals surface area contributed by atoms with Crippen molar-refractivity contribution in [3.8, 4) is 0 Å². The number of hydrogen-bond acceptors (Lipinski definition) is 7. The summed E-state index contributed by atoms with van der Waals surface area (Å²) in [6.07, 6.45) is 1.99. The average molecular weight is 417 g/mol. The van der Waals surface area contributed by atoms with E-state index in [1.54, 1.807) is 11.8 Å². The normalized spacial score (nSPS) is 10.6. The first-order valence-corrected chi connectivity index (χ1v) is 11.3. The molecule has 1 heterocycles. The third-order valence-electron chi connectivity index (χ3n) is 3.87. The van der Waals surface area contributed by atoms with Crippen LogP contribution in [0.2, 0.25) is 0 Å². The van der Waals surface area contributed by atoms with E-state index in [0.717, 1.165) is 20.6 Å². The lowest BCUT2D eigenvalue weighted by Gasteiger charge is -2.08. The minimum Gasteiger partial charge on any atom is -0.330 e. The summed E-state index contributed by atoms with van der Waals surface area (Å²) in [6, 6.07) is 14.0. The lowest BCUT2D eigenvalue weighted by Crippen LogP contribution is -2.14. The quantitative estimate of drug-likeness (QED) is 0.506. The number of amides is 1. The van der Waals surface area contributed by atoms with Crippen molar-refractivity contribution < 1.29 is 4.79 Å². The maximum atomic E-state index is 12.2. The van der Waals surface area contributed by atoms with E-state index in [-0.39, 0.29) is 5.91 Å². The van der Waals surface area contributed by atoms with E-state index in [0.29, 0.717) is 10.9 Å². The van der Waals surface area contributed by atoms with Crippen LogP contribution in [0, 0.1) is 13.8 Å². The van der Waals surface area contributed by atoms with Crippen molar-refractivity contribution in [2.75, 3.05) is 22.6 Å². The number of hydrogen-bond donors (Lipinski definition) is 2. The van der Waals surface area contributed by atoms with Gasteiger partial charge in [0.1, 0.15) is 0 Å². The fraction of sp³-hybridized carbons (Fsp3) is 0.211. The molecule has 5 nitrogen and oxygen atoms in total. The summed E-state index contributed by atoms with van der Waals surface area (Å²) >= 11 is 4.43. The van der Waals surface area contributed by atoms with E-state index >= 15 is 0 Å². The van der Waals surface area contributed by atoms with Crippen LogP contribution in [0.4, 0.5) is 16.5 Å². The Morgan fingerprint density at radius 1 is 1.11 bits per heavy atom. The Kier molecular flexibility index (Phi) is 6.76. The van der Waals surface area contributed by atoms with Crippen LogP contribution in [0.15, 0.2) is 51.7 Å². The van der Waals surface area contributed by atoms with Crippen LogP contribution in [0.25, 0.3) is 0 Å². The number of para-hydroxylation sites is 1. The van der Waals surface area contributed by atoms with Gasteiger partial charge in [-0.1, -0.05) is 41.3 Å². The molecule has 3 aromatic rings. The Bertz CT molecular complexity index is 942. The lowest BCUT2D eigenvalue weighted by atomic mass is 10.1. The largest absolute Gasteiger partial charge is 0.330 e. The molecule has 0 unspecified atom stereocenters. The zero-order valence-electron chi connectivity index (χ0n) is 15.3. The monoisotopic (exact) mass is 416 g/mol. The molecule has 3 rings (SSSR count). The molecule has 0 saturated carbocycles. The number of anilines is 3. The molecule has 1 amide bonds. The first-order chi connectivity index (χ1) is 13.0. The maximum absolute atomic E-state index is 12.2. The van der Waals surface area contributed by atoms with E-state index in [2.05, 4.69) is 46.8 Å². The number of aryl methyl sites for hydroxylation is 2. The lowest BCUT2D eigenvalue weighted by molar-refractivity contribution is -0.113. The van der Waals surface area contributed by atoms with Gasteiger partial charge in [-0.15, -0.1) is 22.0 Å². The van der Waals surface area contributed by atoms with Gasteiger partial charge in [-0.2, -0.15) is 0 Å². The second-order valence-electron chi connectivity index (χ2n) is 5.83. The fourth-order valence-electron chi connectivity index (χ4n) is 2.32. The van der Waals surface area contributed by atoms with Crippen molar-refractivity contribution >= 4 is 57.3 Å². The Morgan fingerprint density at radius 2 is 1.93 bits per heavy atom. The summed E-state index contributed by atoms with van der Waals surface area (Å²) in [6.45, 7) is 4.16. The molecule has 0 spiro atoms. The molecule has 27 heavy (non-hydrogen) atoms. The van der Waals surface area contributed by atoms with Crippen LogP contribution in [0.5, 0.6) is 0 Å². The minimum absolute atomic E-state index is 0.0552. The standard InChI is InChI=1S/C19H20N4OS3/c1-12-8-9-14(10-13(12)2)20-18-22-23-19(27-18)26-11-17(24)21-15-6-4-5-7-16(15)25-3/h4-10H,11H2,1-3H3,(H,20,22)(H,21,24). The Hall–Kier alpha value is -2.03. The number of rotatable bonds is 7. The molecule has 0 bridgehead atoms. The Labute approximate surface area is 171 Å². The molecule has 2 aromatic carbocycles. The van der Waals surface area contributed by atoms with Crippen LogP contribution in [-0.4, -0.2) is 28.1 Å². The van der Waals surface area contributed by atoms with Crippen molar-refractivity contribution in [2.45, 2.75) is 23.1 Å². The van der Waals surface area contributed by atoms with Crippen molar-refractivity contribution in [3.05, 3.63) is 53.6 Å². The van der Waals surface area contributed by atoms with Crippen molar-refractivity contribution in [2.24, 2.45) is 0 Å². The zero-order valence-corrected chi connectivity index (χ0v) is 17.7. The molecule has 0 fully saturated rings. The third kappa shape index (κ3) is 5.47. The number of carbonyl (C=O) groups is 1. The first kappa shape index (κ1) is 19.7. The highest BCUT2D eigenvalue weighted by atomic mass is 32.2. The molecule has 1 aromatic heterocycles. The average Bonchev–Trinajstić information content (AvgIpc) is 3.11. The summed E-state index contributed by atoms with van der Waals surface area (Å²) < 4.78 is 0.759. The molecule has 0 atom stereocenters. The molecule has 8 heteroatoms. The van der Waals surface area contributed by atoms with E-state index in [1.807, 2.05) is 36.6 Å². The number of thioether (sulfide) groups is 2. The smallest absolute Gasteiger partial charge is 0.234 e. The zero-order chi connectivity index (χ0) is 19.2. The van der Waals surface area contributed by atoms with E-state index in [9.17, 15) is 4.79 Å². The fourth-order valence-corrected chi connectivity index (χ4v) is 4.45. The van der Waals surface area contributed by atoms with Crippen molar-refractivity contribution in [3.63, 3.8) is 0 Å². The predicted molar refractivity (Wildman–Crippen MR) is 117 cm³/mol. The maximum Gasteiger partial charge on any atom is 0.234 e. The molecular weight excluding hydrogens is 396 g/mol. The van der Waals surface area contributed by atoms with Gasteiger partial charge in [-0.3, -0.25) is 4.79 Å². The van der Waals surface area contributed by atoms with Crippen LogP contribution >= 0.6 is 34.9 Å². The van der Waals surface area contributed by atoms with Crippen LogP contribution in [0.1, 0.15) is 11.1 Å². The Morgan fingerprint density at radius 3 is 2.70 bits per heavy atom. The highest BCUT2D eigenvalue weighted by Crippen LogP contribution is 2.29. The summed E-state index contributed by atoms with van der Waals surface area (Å²) in [7, 11) is 0.